The Labute approximate surface area is 239 Å². The minimum Gasteiger partial charge on any atom is -0.382 e. The molecule has 0 aromatic rings. The molecule has 1 rings (SSSR count). The number of rotatable bonds is 22. The fraction of sp³-hybridized carbons (Fsp3) is 0.852. The van der Waals surface area contributed by atoms with E-state index in [-0.39, 0.29) is 44.3 Å². The van der Waals surface area contributed by atoms with Gasteiger partial charge in [0.2, 0.25) is 5.91 Å². The lowest BCUT2D eigenvalue weighted by Gasteiger charge is -2.30. The van der Waals surface area contributed by atoms with Crippen molar-refractivity contribution in [2.75, 3.05) is 66.6 Å². The van der Waals surface area contributed by atoms with Crippen molar-refractivity contribution >= 4 is 19.3 Å². The molecule has 0 spiro atoms. The third-order valence-electron chi connectivity index (χ3n) is 6.24. The smallest absolute Gasteiger partial charge is 0.333 e. The van der Waals surface area contributed by atoms with Crippen LogP contribution in [0.2, 0.25) is 0 Å². The Morgan fingerprint density at radius 1 is 0.950 bits per heavy atom. The Bertz CT molecular complexity index is 814. The predicted molar refractivity (Wildman–Crippen MR) is 149 cm³/mol. The van der Waals surface area contributed by atoms with Crippen LogP contribution in [0.1, 0.15) is 54.4 Å². The van der Waals surface area contributed by atoms with Crippen LogP contribution in [0.3, 0.4) is 0 Å². The van der Waals surface area contributed by atoms with Gasteiger partial charge in [-0.2, -0.15) is 0 Å². The Kier molecular flexibility index (Phi) is 18.2. The molecule has 1 aliphatic heterocycles. The molecule has 1 heterocycles. The summed E-state index contributed by atoms with van der Waals surface area (Å²) in [5.41, 5.74) is 0.362. The highest BCUT2D eigenvalue weighted by Gasteiger charge is 2.53. The first-order chi connectivity index (χ1) is 19.1. The molecule has 0 unspecified atom stereocenters. The summed E-state index contributed by atoms with van der Waals surface area (Å²) < 4.78 is 60.1. The lowest BCUT2D eigenvalue weighted by atomic mass is 10.1. The highest BCUT2D eigenvalue weighted by Crippen LogP contribution is 2.50. The van der Waals surface area contributed by atoms with Gasteiger partial charge < -0.3 is 37.5 Å². The van der Waals surface area contributed by atoms with Gasteiger partial charge in [0.1, 0.15) is 18.3 Å². The molecule has 0 aromatic carbocycles. The molecular weight excluding hydrogens is 545 g/mol. The molecule has 1 aliphatic rings. The minimum absolute atomic E-state index is 0.117. The first-order valence-corrected chi connectivity index (χ1v) is 15.7. The van der Waals surface area contributed by atoms with Crippen LogP contribution in [0, 0.1) is 0 Å². The SMILES string of the molecule is CCCCOCCO[C@H](CP(=O)(OCC)OCC)[C@H]1O[C@@H](N(/C=C(/C)C(C)=O)C(C)=O)[C@H](OCCOC)[C@@H]1OC. The summed E-state index contributed by atoms with van der Waals surface area (Å²) in [5, 5.41) is 0. The maximum absolute atomic E-state index is 13.6. The quantitative estimate of drug-likeness (QED) is 0.104. The van der Waals surface area contributed by atoms with Gasteiger partial charge in [0.25, 0.3) is 0 Å². The van der Waals surface area contributed by atoms with E-state index >= 15 is 0 Å². The molecule has 234 valence electrons. The van der Waals surface area contributed by atoms with Crippen molar-refractivity contribution in [2.45, 2.75) is 85.0 Å². The number of hydrogen-bond acceptors (Lipinski definition) is 11. The highest BCUT2D eigenvalue weighted by atomic mass is 31.2. The van der Waals surface area contributed by atoms with E-state index in [0.29, 0.717) is 25.4 Å². The standard InChI is InChI=1S/C27H50NO11P/c1-9-12-13-34-15-17-35-23(19-40(31,37-10-2)38-11-3)24-25(33-8)26(36-16-14-32-7)27(39-24)28(22(6)30)18-20(4)21(5)29/h18,23-27H,9-17,19H2,1-8H3/b20-18-/t23-,24-,25-,26-,27-/m1/s1. The van der Waals surface area contributed by atoms with Crippen molar-refractivity contribution in [1.82, 2.24) is 4.90 Å². The summed E-state index contributed by atoms with van der Waals surface area (Å²) in [4.78, 5) is 26.1. The third kappa shape index (κ3) is 12.0. The molecule has 0 saturated carbocycles. The molecular formula is C27H50NO11P. The van der Waals surface area contributed by atoms with E-state index in [2.05, 4.69) is 6.92 Å². The van der Waals surface area contributed by atoms with Gasteiger partial charge in [-0.25, -0.2) is 0 Å². The number of unbranched alkanes of at least 4 members (excludes halogenated alkanes) is 1. The van der Waals surface area contributed by atoms with Crippen LogP contribution in [-0.2, 0) is 51.6 Å². The second kappa shape index (κ2) is 19.8. The molecule has 1 saturated heterocycles. The lowest BCUT2D eigenvalue weighted by Crippen LogP contribution is -2.47. The van der Waals surface area contributed by atoms with E-state index in [1.54, 1.807) is 27.9 Å². The fourth-order valence-electron chi connectivity index (χ4n) is 4.16. The Balaban J connectivity index is 3.43. The second-order valence-electron chi connectivity index (χ2n) is 9.32. The van der Waals surface area contributed by atoms with Gasteiger partial charge in [0, 0.05) is 39.5 Å². The topological polar surface area (TPSA) is 128 Å². The van der Waals surface area contributed by atoms with Crippen LogP contribution < -0.4 is 0 Å². The normalized spacial score (nSPS) is 22.4. The van der Waals surface area contributed by atoms with E-state index in [1.807, 2.05) is 0 Å². The molecule has 1 amide bonds. The van der Waals surface area contributed by atoms with E-state index in [0.717, 1.165) is 12.8 Å². The molecule has 13 heteroatoms. The number of methoxy groups -OCH3 is 2. The zero-order valence-electron chi connectivity index (χ0n) is 25.4. The number of nitrogens with zero attached hydrogens (tertiary/aromatic N) is 1. The number of Topliss-reactive ketones (excluding diaryl/α,β-unsaturated/α-hetero) is 1. The number of ketones is 1. The minimum atomic E-state index is -3.57. The van der Waals surface area contributed by atoms with Gasteiger partial charge >= 0.3 is 7.60 Å². The zero-order chi connectivity index (χ0) is 30.1. The fourth-order valence-corrected chi connectivity index (χ4v) is 5.99. The van der Waals surface area contributed by atoms with Gasteiger partial charge in [-0.05, 0) is 34.1 Å². The Morgan fingerprint density at radius 2 is 1.62 bits per heavy atom. The molecule has 1 fully saturated rings. The molecule has 0 bridgehead atoms. The Hall–Kier alpha value is -1.21. The van der Waals surface area contributed by atoms with Gasteiger partial charge in [0.15, 0.2) is 12.0 Å². The summed E-state index contributed by atoms with van der Waals surface area (Å²) in [6.07, 6.45) is -0.877. The van der Waals surface area contributed by atoms with Crippen LogP contribution in [0.25, 0.3) is 0 Å². The van der Waals surface area contributed by atoms with Gasteiger partial charge in [-0.3, -0.25) is 19.1 Å². The van der Waals surface area contributed by atoms with E-state index < -0.39 is 38.2 Å². The highest BCUT2D eigenvalue weighted by molar-refractivity contribution is 7.53. The van der Waals surface area contributed by atoms with Crippen molar-refractivity contribution in [3.8, 4) is 0 Å². The largest absolute Gasteiger partial charge is 0.382 e. The first-order valence-electron chi connectivity index (χ1n) is 13.9. The third-order valence-corrected chi connectivity index (χ3v) is 8.35. The van der Waals surface area contributed by atoms with Crippen molar-refractivity contribution in [3.63, 3.8) is 0 Å². The second-order valence-corrected chi connectivity index (χ2v) is 11.4. The molecule has 0 radical (unpaired) electrons. The number of ether oxygens (including phenoxy) is 6. The number of hydrogen-bond donors (Lipinski definition) is 0. The first kappa shape index (κ1) is 36.8. The number of allylic oxidation sites excluding steroid dienone is 1. The molecule has 0 aromatic heterocycles. The average Bonchev–Trinajstić information content (AvgIpc) is 3.26. The van der Waals surface area contributed by atoms with Crippen LogP contribution in [0.4, 0.5) is 0 Å². The van der Waals surface area contributed by atoms with E-state index in [9.17, 15) is 14.2 Å². The monoisotopic (exact) mass is 595 g/mol. The average molecular weight is 596 g/mol. The van der Waals surface area contributed by atoms with Crippen molar-refractivity contribution < 1.29 is 51.6 Å². The molecule has 40 heavy (non-hydrogen) atoms. The van der Waals surface area contributed by atoms with Gasteiger partial charge in [-0.15, -0.1) is 0 Å². The van der Waals surface area contributed by atoms with Crippen LogP contribution in [-0.4, -0.2) is 114 Å². The van der Waals surface area contributed by atoms with Crippen LogP contribution >= 0.6 is 7.60 Å². The zero-order valence-corrected chi connectivity index (χ0v) is 26.3. The van der Waals surface area contributed by atoms with Gasteiger partial charge in [0.05, 0.1) is 51.9 Å². The molecule has 5 atom stereocenters. The van der Waals surface area contributed by atoms with Crippen molar-refractivity contribution in [3.05, 3.63) is 11.8 Å². The number of carbonyl (C=O) groups is 2. The van der Waals surface area contributed by atoms with Crippen molar-refractivity contribution in [1.29, 1.82) is 0 Å². The van der Waals surface area contributed by atoms with E-state index in [1.165, 1.54) is 32.1 Å². The summed E-state index contributed by atoms with van der Waals surface area (Å²) in [6, 6.07) is 0. The molecule has 0 N–H and O–H groups in total. The summed E-state index contributed by atoms with van der Waals surface area (Å²) in [5.74, 6) is -0.558. The number of amides is 1. The summed E-state index contributed by atoms with van der Waals surface area (Å²) in [6.45, 7) is 11.9. The predicted octanol–water partition coefficient (Wildman–Crippen LogP) is 3.57. The van der Waals surface area contributed by atoms with Gasteiger partial charge in [-0.1, -0.05) is 13.3 Å². The number of carbonyl (C=O) groups excluding carboxylic acids is 2. The Morgan fingerprint density at radius 3 is 2.15 bits per heavy atom. The maximum atomic E-state index is 13.6. The summed E-state index contributed by atoms with van der Waals surface area (Å²) >= 11 is 0. The molecule has 0 aliphatic carbocycles. The van der Waals surface area contributed by atoms with Crippen molar-refractivity contribution in [2.24, 2.45) is 0 Å². The maximum Gasteiger partial charge on any atom is 0.333 e. The van der Waals surface area contributed by atoms with Crippen LogP contribution in [0.15, 0.2) is 11.8 Å². The van der Waals surface area contributed by atoms with Crippen LogP contribution in [0.5, 0.6) is 0 Å². The van der Waals surface area contributed by atoms with E-state index in [4.69, 9.17) is 37.5 Å². The molecule has 12 nitrogen and oxygen atoms in total. The lowest BCUT2D eigenvalue weighted by molar-refractivity contribution is -0.152. The summed E-state index contributed by atoms with van der Waals surface area (Å²) in [7, 11) is -0.524.